The van der Waals surface area contributed by atoms with Crippen LogP contribution in [-0.4, -0.2) is 44.9 Å². The van der Waals surface area contributed by atoms with E-state index in [1.165, 1.54) is 0 Å². The first-order chi connectivity index (χ1) is 13.2. The number of amides is 1. The van der Waals surface area contributed by atoms with Gasteiger partial charge in [0.15, 0.2) is 0 Å². The zero-order chi connectivity index (χ0) is 18.3. The molecule has 2 aromatic heterocycles. The van der Waals surface area contributed by atoms with Crippen molar-refractivity contribution in [2.24, 2.45) is 5.41 Å². The third kappa shape index (κ3) is 3.01. The Hall–Kier alpha value is -3.02. The molecule has 6 heteroatoms. The fraction of sp³-hybridized carbons (Fsp3) is 0.333. The maximum atomic E-state index is 12.9. The molecule has 27 heavy (non-hydrogen) atoms. The molecular formula is C21H21N5O. The molecule has 1 saturated carbocycles. The highest BCUT2D eigenvalue weighted by Gasteiger charge is 2.49. The van der Waals surface area contributed by atoms with Gasteiger partial charge in [0.25, 0.3) is 5.91 Å². The lowest BCUT2D eigenvalue weighted by Crippen LogP contribution is -2.47. The molecule has 1 N–H and O–H groups in total. The molecule has 3 heterocycles. The number of pyridine rings is 1. The van der Waals surface area contributed by atoms with Gasteiger partial charge in [-0.1, -0.05) is 24.3 Å². The van der Waals surface area contributed by atoms with Crippen LogP contribution in [0.25, 0.3) is 10.9 Å². The van der Waals surface area contributed by atoms with E-state index in [1.54, 1.807) is 12.5 Å². The second-order valence-corrected chi connectivity index (χ2v) is 7.71. The average Bonchev–Trinajstić information content (AvgIpc) is 3.13. The Bertz CT molecular complexity index is 984. The summed E-state index contributed by atoms with van der Waals surface area (Å²) in [6.07, 6.45) is 6.52. The highest BCUT2D eigenvalue weighted by Crippen LogP contribution is 2.49. The van der Waals surface area contributed by atoms with Crippen molar-refractivity contribution in [3.63, 3.8) is 0 Å². The molecule has 1 aromatic carbocycles. The molecule has 0 bridgehead atoms. The van der Waals surface area contributed by atoms with E-state index >= 15 is 0 Å². The zero-order valence-electron chi connectivity index (χ0n) is 15.0. The topological polar surface area (TPSA) is 71.0 Å². The summed E-state index contributed by atoms with van der Waals surface area (Å²) in [5, 5.41) is 4.52. The molecule has 3 aromatic rings. The fourth-order valence-electron chi connectivity index (χ4n) is 4.46. The summed E-state index contributed by atoms with van der Waals surface area (Å²) in [5.74, 6) is 0.918. The number of anilines is 1. The largest absolute Gasteiger partial charge is 0.367 e. The Balaban J connectivity index is 1.23. The summed E-state index contributed by atoms with van der Waals surface area (Å²) in [5.41, 5.74) is 1.66. The van der Waals surface area contributed by atoms with Crippen LogP contribution in [-0.2, 0) is 0 Å². The number of nitrogens with zero attached hydrogens (tertiary/aromatic N) is 4. The molecule has 2 aliphatic rings. The average molecular weight is 359 g/mol. The number of hydrogen-bond donors (Lipinski definition) is 1. The van der Waals surface area contributed by atoms with Crippen LogP contribution in [0, 0.1) is 5.41 Å². The van der Waals surface area contributed by atoms with Gasteiger partial charge in [-0.2, -0.15) is 0 Å². The third-order valence-electron chi connectivity index (χ3n) is 5.84. The highest BCUT2D eigenvalue weighted by molar-refractivity contribution is 5.95. The number of rotatable bonds is 3. The van der Waals surface area contributed by atoms with Gasteiger partial charge >= 0.3 is 0 Å². The van der Waals surface area contributed by atoms with Crippen LogP contribution in [0.3, 0.4) is 0 Å². The second-order valence-electron chi connectivity index (χ2n) is 7.71. The predicted molar refractivity (Wildman–Crippen MR) is 103 cm³/mol. The lowest BCUT2D eigenvalue weighted by molar-refractivity contribution is 0.0711. The lowest BCUT2D eigenvalue weighted by atomic mass is 9.65. The van der Waals surface area contributed by atoms with E-state index in [2.05, 4.69) is 20.3 Å². The lowest BCUT2D eigenvalue weighted by Gasteiger charge is -2.45. The van der Waals surface area contributed by atoms with E-state index in [-0.39, 0.29) is 11.3 Å². The van der Waals surface area contributed by atoms with Crippen LogP contribution < -0.4 is 5.32 Å². The van der Waals surface area contributed by atoms with E-state index in [0.717, 1.165) is 49.1 Å². The SMILES string of the molecule is O=C(c1ccc2ccccc2n1)N1CCC2(CC(Nc3ccncn3)C2)C1. The Labute approximate surface area is 157 Å². The Morgan fingerprint density at radius 1 is 1.15 bits per heavy atom. The fourth-order valence-corrected chi connectivity index (χ4v) is 4.46. The zero-order valence-corrected chi connectivity index (χ0v) is 15.0. The number of aromatic nitrogens is 3. The molecule has 1 spiro atoms. The minimum Gasteiger partial charge on any atom is -0.367 e. The molecule has 0 atom stereocenters. The molecule has 0 radical (unpaired) electrons. The maximum Gasteiger partial charge on any atom is 0.272 e. The normalized spacial score (nSPS) is 24.1. The van der Waals surface area contributed by atoms with Crippen LogP contribution in [0.15, 0.2) is 55.0 Å². The van der Waals surface area contributed by atoms with Gasteiger partial charge in [-0.3, -0.25) is 4.79 Å². The van der Waals surface area contributed by atoms with Gasteiger partial charge < -0.3 is 10.2 Å². The number of benzene rings is 1. The molecule has 0 unspecified atom stereocenters. The third-order valence-corrected chi connectivity index (χ3v) is 5.84. The van der Waals surface area contributed by atoms with Crippen molar-refractivity contribution in [1.82, 2.24) is 19.9 Å². The van der Waals surface area contributed by atoms with Crippen molar-refractivity contribution in [1.29, 1.82) is 0 Å². The standard InChI is InChI=1S/C21H21N5O/c27-20(18-6-5-15-3-1-2-4-17(15)25-18)26-10-8-21(13-26)11-16(12-21)24-19-7-9-22-14-23-19/h1-7,9,14,16H,8,10-13H2,(H,22,23,24). The number of carbonyl (C=O) groups is 1. The minimum absolute atomic E-state index is 0.0461. The van der Waals surface area contributed by atoms with Gasteiger partial charge in [0.1, 0.15) is 17.8 Å². The first kappa shape index (κ1) is 16.2. The second kappa shape index (κ2) is 6.30. The van der Waals surface area contributed by atoms with E-state index in [1.807, 2.05) is 47.4 Å². The van der Waals surface area contributed by atoms with E-state index in [0.29, 0.717) is 11.7 Å². The summed E-state index contributed by atoms with van der Waals surface area (Å²) in [6, 6.07) is 14.0. The quantitative estimate of drug-likeness (QED) is 0.778. The molecular weight excluding hydrogens is 338 g/mol. The van der Waals surface area contributed by atoms with Crippen LogP contribution in [0.1, 0.15) is 29.8 Å². The first-order valence-corrected chi connectivity index (χ1v) is 9.39. The summed E-state index contributed by atoms with van der Waals surface area (Å²) in [4.78, 5) is 27.6. The number of fused-ring (bicyclic) bond motifs is 1. The number of para-hydroxylation sites is 1. The van der Waals surface area contributed by atoms with Crippen molar-refractivity contribution in [3.8, 4) is 0 Å². The molecule has 5 rings (SSSR count). The Kier molecular flexibility index (Phi) is 3.77. The molecule has 1 aliphatic heterocycles. The monoisotopic (exact) mass is 359 g/mol. The van der Waals surface area contributed by atoms with E-state index < -0.39 is 0 Å². The molecule has 2 fully saturated rings. The Morgan fingerprint density at radius 2 is 2.04 bits per heavy atom. The van der Waals surface area contributed by atoms with Crippen LogP contribution >= 0.6 is 0 Å². The van der Waals surface area contributed by atoms with Crippen molar-refractivity contribution >= 4 is 22.6 Å². The van der Waals surface area contributed by atoms with E-state index in [4.69, 9.17) is 0 Å². The van der Waals surface area contributed by atoms with Gasteiger partial charge in [0.05, 0.1) is 5.52 Å². The minimum atomic E-state index is 0.0461. The first-order valence-electron chi connectivity index (χ1n) is 9.39. The van der Waals surface area contributed by atoms with Gasteiger partial charge in [0, 0.05) is 30.7 Å². The van der Waals surface area contributed by atoms with Crippen molar-refractivity contribution in [2.45, 2.75) is 25.3 Å². The number of likely N-dealkylation sites (tertiary alicyclic amines) is 1. The molecule has 1 amide bonds. The maximum absolute atomic E-state index is 12.9. The summed E-state index contributed by atoms with van der Waals surface area (Å²) >= 11 is 0. The number of nitrogens with one attached hydrogen (secondary N) is 1. The van der Waals surface area contributed by atoms with Crippen LogP contribution in [0.2, 0.25) is 0 Å². The van der Waals surface area contributed by atoms with E-state index in [9.17, 15) is 4.79 Å². The number of carbonyl (C=O) groups excluding carboxylic acids is 1. The van der Waals surface area contributed by atoms with Crippen LogP contribution in [0.4, 0.5) is 5.82 Å². The van der Waals surface area contributed by atoms with Gasteiger partial charge in [-0.15, -0.1) is 0 Å². The summed E-state index contributed by atoms with van der Waals surface area (Å²) in [6.45, 7) is 1.63. The number of hydrogen-bond acceptors (Lipinski definition) is 5. The molecule has 1 aliphatic carbocycles. The molecule has 136 valence electrons. The Morgan fingerprint density at radius 3 is 2.89 bits per heavy atom. The van der Waals surface area contributed by atoms with Crippen molar-refractivity contribution in [3.05, 3.63) is 60.7 Å². The van der Waals surface area contributed by atoms with Gasteiger partial charge in [-0.25, -0.2) is 15.0 Å². The van der Waals surface area contributed by atoms with Crippen LogP contribution in [0.5, 0.6) is 0 Å². The van der Waals surface area contributed by atoms with Crippen molar-refractivity contribution < 1.29 is 4.79 Å². The molecule has 1 saturated heterocycles. The summed E-state index contributed by atoms with van der Waals surface area (Å²) in [7, 11) is 0. The highest BCUT2D eigenvalue weighted by atomic mass is 16.2. The van der Waals surface area contributed by atoms with Gasteiger partial charge in [-0.05, 0) is 42.9 Å². The predicted octanol–water partition coefficient (Wildman–Crippen LogP) is 3.13. The smallest absolute Gasteiger partial charge is 0.272 e. The van der Waals surface area contributed by atoms with Gasteiger partial charge in [0.2, 0.25) is 0 Å². The van der Waals surface area contributed by atoms with Crippen molar-refractivity contribution in [2.75, 3.05) is 18.4 Å². The molecule has 6 nitrogen and oxygen atoms in total. The summed E-state index contributed by atoms with van der Waals surface area (Å²) < 4.78 is 0.